The molecule has 0 saturated carbocycles. The zero-order valence-corrected chi connectivity index (χ0v) is 11.9. The molecule has 0 aliphatic carbocycles. The van der Waals surface area contributed by atoms with Gasteiger partial charge in [-0.3, -0.25) is 15.1 Å². The zero-order valence-electron chi connectivity index (χ0n) is 11.0. The minimum atomic E-state index is -0.430. The number of nitrogens with zero attached hydrogens (tertiary/aromatic N) is 2. The van der Waals surface area contributed by atoms with E-state index >= 15 is 0 Å². The lowest BCUT2D eigenvalue weighted by molar-refractivity contribution is 0.0531. The molecule has 2 heterocycles. The molecular weight excluding hydrogens is 278 g/mol. The van der Waals surface area contributed by atoms with Crippen LogP contribution in [0.2, 0.25) is 0 Å². The topological polar surface area (TPSA) is 81.2 Å². The summed E-state index contributed by atoms with van der Waals surface area (Å²) in [5.41, 5.74) is 0.822. The summed E-state index contributed by atoms with van der Waals surface area (Å²) in [5.74, 6) is -0.796. The largest absolute Gasteiger partial charge is 0.462 e. The van der Waals surface area contributed by atoms with Gasteiger partial charge in [-0.25, -0.2) is 9.78 Å². The lowest BCUT2D eigenvalue weighted by Crippen LogP contribution is -2.13. The molecule has 0 bridgehead atoms. The zero-order chi connectivity index (χ0) is 14.5. The van der Waals surface area contributed by atoms with Crippen LogP contribution in [0, 0.1) is 6.92 Å². The van der Waals surface area contributed by atoms with Crippen LogP contribution in [-0.4, -0.2) is 28.5 Å². The Bertz CT molecular complexity index is 625. The minimum absolute atomic E-state index is 0.290. The summed E-state index contributed by atoms with van der Waals surface area (Å²) >= 11 is 1.09. The van der Waals surface area contributed by atoms with E-state index in [0.717, 1.165) is 11.3 Å². The highest BCUT2D eigenvalue weighted by molar-refractivity contribution is 7.17. The number of nitrogens with one attached hydrogen (secondary N) is 1. The van der Waals surface area contributed by atoms with E-state index in [1.807, 2.05) is 0 Å². The molecule has 0 unspecified atom stereocenters. The van der Waals surface area contributed by atoms with Crippen LogP contribution < -0.4 is 5.32 Å². The summed E-state index contributed by atoms with van der Waals surface area (Å²) in [4.78, 5) is 32.0. The molecule has 0 radical (unpaired) electrons. The average Bonchev–Trinajstić information content (AvgIpc) is 2.81. The summed E-state index contributed by atoms with van der Waals surface area (Å²) in [6.07, 6.45) is 1.53. The Labute approximate surface area is 119 Å². The van der Waals surface area contributed by atoms with Crippen LogP contribution in [0.4, 0.5) is 5.13 Å². The number of rotatable bonds is 4. The molecule has 0 fully saturated rings. The lowest BCUT2D eigenvalue weighted by atomic mass is 10.3. The van der Waals surface area contributed by atoms with Gasteiger partial charge in [-0.05, 0) is 26.0 Å². The Morgan fingerprint density at radius 2 is 2.20 bits per heavy atom. The molecule has 1 N–H and O–H groups in total. The smallest absolute Gasteiger partial charge is 0.350 e. The fraction of sp³-hybridized carbons (Fsp3) is 0.231. The molecule has 104 valence electrons. The maximum absolute atomic E-state index is 11.9. The molecule has 0 aliphatic rings. The third kappa shape index (κ3) is 3.18. The number of hydrogen-bond donors (Lipinski definition) is 1. The third-order valence-electron chi connectivity index (χ3n) is 2.38. The highest BCUT2D eigenvalue weighted by atomic mass is 32.1. The Balaban J connectivity index is 2.13. The minimum Gasteiger partial charge on any atom is -0.462 e. The van der Waals surface area contributed by atoms with Crippen molar-refractivity contribution in [1.82, 2.24) is 9.97 Å². The monoisotopic (exact) mass is 291 g/mol. The summed E-state index contributed by atoms with van der Waals surface area (Å²) < 4.78 is 4.92. The van der Waals surface area contributed by atoms with Gasteiger partial charge in [-0.2, -0.15) is 0 Å². The summed E-state index contributed by atoms with van der Waals surface area (Å²) in [6, 6.07) is 5.05. The van der Waals surface area contributed by atoms with Gasteiger partial charge in [0.15, 0.2) is 5.13 Å². The van der Waals surface area contributed by atoms with Gasteiger partial charge in [0, 0.05) is 6.20 Å². The Hall–Kier alpha value is -2.28. The molecule has 7 heteroatoms. The summed E-state index contributed by atoms with van der Waals surface area (Å²) in [5, 5.41) is 2.96. The molecule has 0 aliphatic heterocycles. The van der Waals surface area contributed by atoms with E-state index in [1.54, 1.807) is 32.0 Å². The fourth-order valence-electron chi connectivity index (χ4n) is 1.49. The first kappa shape index (κ1) is 14.1. The molecular formula is C13H13N3O3S. The van der Waals surface area contributed by atoms with Crippen LogP contribution in [-0.2, 0) is 4.74 Å². The standard InChI is InChI=1S/C13H13N3O3S/c1-3-19-12(18)10-8(2)15-13(20-10)16-11(17)9-6-4-5-7-14-9/h4-7H,3H2,1-2H3,(H,15,16,17). The first-order chi connectivity index (χ1) is 9.61. The van der Waals surface area contributed by atoms with E-state index in [2.05, 4.69) is 15.3 Å². The summed E-state index contributed by atoms with van der Waals surface area (Å²) in [7, 11) is 0. The summed E-state index contributed by atoms with van der Waals surface area (Å²) in [6.45, 7) is 3.73. The van der Waals surface area contributed by atoms with E-state index in [9.17, 15) is 9.59 Å². The second-order valence-electron chi connectivity index (χ2n) is 3.82. The van der Waals surface area contributed by atoms with Crippen molar-refractivity contribution in [1.29, 1.82) is 0 Å². The van der Waals surface area contributed by atoms with Gasteiger partial charge in [0.25, 0.3) is 5.91 Å². The Morgan fingerprint density at radius 3 is 2.85 bits per heavy atom. The van der Waals surface area contributed by atoms with Crippen molar-refractivity contribution >= 4 is 28.3 Å². The number of esters is 1. The van der Waals surface area contributed by atoms with E-state index in [4.69, 9.17) is 4.74 Å². The number of carbonyl (C=O) groups excluding carboxylic acids is 2. The molecule has 2 aromatic heterocycles. The SMILES string of the molecule is CCOC(=O)c1sc(NC(=O)c2ccccn2)nc1C. The second-order valence-corrected chi connectivity index (χ2v) is 4.82. The Kier molecular flexibility index (Phi) is 4.41. The van der Waals surface area contributed by atoms with Crippen molar-refractivity contribution in [3.05, 3.63) is 40.7 Å². The molecule has 0 aromatic carbocycles. The van der Waals surface area contributed by atoms with Crippen LogP contribution in [0.3, 0.4) is 0 Å². The molecule has 2 rings (SSSR count). The number of aromatic nitrogens is 2. The number of carbonyl (C=O) groups is 2. The number of thiazole rings is 1. The molecule has 0 spiro atoms. The van der Waals surface area contributed by atoms with Crippen LogP contribution >= 0.6 is 11.3 Å². The first-order valence-corrected chi connectivity index (χ1v) is 6.80. The van der Waals surface area contributed by atoms with Crippen LogP contribution in [0.1, 0.15) is 32.8 Å². The van der Waals surface area contributed by atoms with Crippen molar-refractivity contribution in [2.24, 2.45) is 0 Å². The normalized spacial score (nSPS) is 10.1. The van der Waals surface area contributed by atoms with E-state index in [-0.39, 0.29) is 11.6 Å². The van der Waals surface area contributed by atoms with Gasteiger partial charge >= 0.3 is 5.97 Å². The predicted octanol–water partition coefficient (Wildman–Crippen LogP) is 2.28. The van der Waals surface area contributed by atoms with Gasteiger partial charge in [-0.1, -0.05) is 17.4 Å². The van der Waals surface area contributed by atoms with Crippen molar-refractivity contribution in [2.45, 2.75) is 13.8 Å². The van der Waals surface area contributed by atoms with Gasteiger partial charge in [0.1, 0.15) is 10.6 Å². The highest BCUT2D eigenvalue weighted by Gasteiger charge is 2.18. The maximum Gasteiger partial charge on any atom is 0.350 e. The molecule has 2 aromatic rings. The predicted molar refractivity (Wildman–Crippen MR) is 75.0 cm³/mol. The van der Waals surface area contributed by atoms with Crippen molar-refractivity contribution in [2.75, 3.05) is 11.9 Å². The third-order valence-corrected chi connectivity index (χ3v) is 3.43. The molecule has 0 atom stereocenters. The molecule has 6 nitrogen and oxygen atoms in total. The molecule has 20 heavy (non-hydrogen) atoms. The second kappa shape index (κ2) is 6.25. The lowest BCUT2D eigenvalue weighted by Gasteiger charge is -1.99. The Morgan fingerprint density at radius 1 is 1.40 bits per heavy atom. The van der Waals surface area contributed by atoms with Gasteiger partial charge in [0.05, 0.1) is 12.3 Å². The number of anilines is 1. The van der Waals surface area contributed by atoms with Crippen molar-refractivity contribution in [3.8, 4) is 0 Å². The fourth-order valence-corrected chi connectivity index (χ4v) is 2.35. The average molecular weight is 291 g/mol. The van der Waals surface area contributed by atoms with Gasteiger partial charge in [-0.15, -0.1) is 0 Å². The van der Waals surface area contributed by atoms with Gasteiger partial charge < -0.3 is 4.74 Å². The van der Waals surface area contributed by atoms with Crippen LogP contribution in [0.25, 0.3) is 0 Å². The van der Waals surface area contributed by atoms with Crippen molar-refractivity contribution in [3.63, 3.8) is 0 Å². The number of aryl methyl sites for hydroxylation is 1. The first-order valence-electron chi connectivity index (χ1n) is 5.98. The van der Waals surface area contributed by atoms with Gasteiger partial charge in [0.2, 0.25) is 0 Å². The quantitative estimate of drug-likeness (QED) is 0.874. The van der Waals surface area contributed by atoms with Crippen LogP contribution in [0.5, 0.6) is 0 Å². The number of hydrogen-bond acceptors (Lipinski definition) is 6. The highest BCUT2D eigenvalue weighted by Crippen LogP contribution is 2.23. The van der Waals surface area contributed by atoms with Crippen LogP contribution in [0.15, 0.2) is 24.4 Å². The van der Waals surface area contributed by atoms with E-state index in [1.165, 1.54) is 6.20 Å². The van der Waals surface area contributed by atoms with Crippen molar-refractivity contribution < 1.29 is 14.3 Å². The molecule has 1 amide bonds. The maximum atomic E-state index is 11.9. The number of ether oxygens (including phenoxy) is 1. The van der Waals surface area contributed by atoms with E-state index in [0.29, 0.717) is 22.3 Å². The number of pyridine rings is 1. The van der Waals surface area contributed by atoms with E-state index < -0.39 is 5.97 Å². The number of amides is 1. The molecule has 0 saturated heterocycles.